The minimum Gasteiger partial charge on any atom is -0.385 e. The normalized spacial score (nSPS) is 10.7. The van der Waals surface area contributed by atoms with Crippen LogP contribution < -0.4 is 10.6 Å². The largest absolute Gasteiger partial charge is 0.385 e. The van der Waals surface area contributed by atoms with Gasteiger partial charge in [-0.3, -0.25) is 0 Å². The molecule has 2 N–H and O–H groups in total. The first-order chi connectivity index (χ1) is 9.22. The van der Waals surface area contributed by atoms with Gasteiger partial charge in [-0.1, -0.05) is 0 Å². The topological polar surface area (TPSA) is 62.3 Å². The summed E-state index contributed by atoms with van der Waals surface area (Å²) in [5.41, 5.74) is 0. The Morgan fingerprint density at radius 1 is 1.11 bits per heavy atom. The van der Waals surface area contributed by atoms with E-state index in [-0.39, 0.29) is 0 Å². The fourth-order valence-corrected chi connectivity index (χ4v) is 1.60. The summed E-state index contributed by atoms with van der Waals surface area (Å²) < 4.78 is 5.00. The molecular weight excluding hydrogens is 242 g/mol. The number of hydrogen-bond donors (Lipinski definition) is 2. The van der Waals surface area contributed by atoms with Crippen molar-refractivity contribution in [2.75, 3.05) is 58.1 Å². The van der Waals surface area contributed by atoms with Crippen LogP contribution in [0, 0.1) is 0 Å². The van der Waals surface area contributed by atoms with Gasteiger partial charge in [-0.25, -0.2) is 9.97 Å². The molecule has 0 amide bonds. The zero-order valence-corrected chi connectivity index (χ0v) is 12.1. The summed E-state index contributed by atoms with van der Waals surface area (Å²) in [6.45, 7) is 3.59. The fraction of sp³-hybridized carbons (Fsp3) is 0.692. The molecule has 0 fully saturated rings. The van der Waals surface area contributed by atoms with E-state index in [0.717, 1.165) is 50.7 Å². The average molecular weight is 267 g/mol. The van der Waals surface area contributed by atoms with Gasteiger partial charge in [0.2, 0.25) is 0 Å². The van der Waals surface area contributed by atoms with Gasteiger partial charge in [-0.05, 0) is 33.5 Å². The first-order valence-corrected chi connectivity index (χ1v) is 6.66. The zero-order chi connectivity index (χ0) is 13.9. The number of aromatic nitrogens is 2. The molecule has 6 nitrogen and oxygen atoms in total. The summed E-state index contributed by atoms with van der Waals surface area (Å²) in [5.74, 6) is 1.71. The van der Waals surface area contributed by atoms with E-state index < -0.39 is 0 Å². The lowest BCUT2D eigenvalue weighted by atomic mass is 10.4. The Labute approximate surface area is 115 Å². The Morgan fingerprint density at radius 3 is 2.32 bits per heavy atom. The number of rotatable bonds is 10. The van der Waals surface area contributed by atoms with Crippen molar-refractivity contribution in [2.45, 2.75) is 12.8 Å². The molecule has 0 spiro atoms. The highest BCUT2D eigenvalue weighted by atomic mass is 16.5. The summed E-state index contributed by atoms with van der Waals surface area (Å²) in [6, 6.07) is 1.93. The molecule has 0 unspecified atom stereocenters. The lowest BCUT2D eigenvalue weighted by Crippen LogP contribution is -2.16. The number of ether oxygens (including phenoxy) is 1. The van der Waals surface area contributed by atoms with Crippen LogP contribution in [0.15, 0.2) is 12.4 Å². The maximum atomic E-state index is 5.00. The van der Waals surface area contributed by atoms with E-state index in [4.69, 9.17) is 4.74 Å². The Morgan fingerprint density at radius 2 is 1.74 bits per heavy atom. The van der Waals surface area contributed by atoms with Crippen molar-refractivity contribution < 1.29 is 4.74 Å². The summed E-state index contributed by atoms with van der Waals surface area (Å²) in [7, 11) is 5.86. The summed E-state index contributed by atoms with van der Waals surface area (Å²) in [5, 5.41) is 6.55. The lowest BCUT2D eigenvalue weighted by molar-refractivity contribution is 0.198. The number of anilines is 2. The number of hydrogen-bond acceptors (Lipinski definition) is 6. The third kappa shape index (κ3) is 7.58. The van der Waals surface area contributed by atoms with Gasteiger partial charge in [0.1, 0.15) is 18.0 Å². The van der Waals surface area contributed by atoms with Gasteiger partial charge >= 0.3 is 0 Å². The smallest absolute Gasteiger partial charge is 0.131 e. The Hall–Kier alpha value is -1.40. The van der Waals surface area contributed by atoms with Gasteiger partial charge < -0.3 is 20.3 Å². The molecular formula is C13H25N5O. The van der Waals surface area contributed by atoms with E-state index in [2.05, 4.69) is 39.6 Å². The summed E-state index contributed by atoms with van der Waals surface area (Å²) >= 11 is 0. The molecule has 1 aromatic rings. The average Bonchev–Trinajstić information content (AvgIpc) is 2.40. The highest BCUT2D eigenvalue weighted by molar-refractivity contribution is 5.46. The first-order valence-electron chi connectivity index (χ1n) is 6.66. The highest BCUT2D eigenvalue weighted by Crippen LogP contribution is 2.08. The standard InChI is InChI=1S/C13H25N5O/c1-18(2)8-4-6-14-12-10-13(17-11-16-12)15-7-5-9-19-3/h10-11H,4-9H2,1-3H3,(H2,14,15,16,17). The molecule has 0 bridgehead atoms. The molecule has 0 saturated carbocycles. The molecule has 0 aliphatic carbocycles. The predicted molar refractivity (Wildman–Crippen MR) is 78.7 cm³/mol. The molecule has 0 saturated heterocycles. The Bertz CT molecular complexity index is 346. The van der Waals surface area contributed by atoms with Crippen molar-refractivity contribution >= 4 is 11.6 Å². The molecule has 1 rings (SSSR count). The van der Waals surface area contributed by atoms with E-state index in [1.165, 1.54) is 0 Å². The quantitative estimate of drug-likeness (QED) is 0.623. The van der Waals surface area contributed by atoms with Crippen molar-refractivity contribution in [3.8, 4) is 0 Å². The SMILES string of the molecule is COCCCNc1cc(NCCCN(C)C)ncn1. The second kappa shape index (κ2) is 9.52. The van der Waals surface area contributed by atoms with Crippen LogP contribution in [0.25, 0.3) is 0 Å². The maximum Gasteiger partial charge on any atom is 0.131 e. The minimum atomic E-state index is 0.758. The van der Waals surface area contributed by atoms with E-state index in [1.54, 1.807) is 13.4 Å². The van der Waals surface area contributed by atoms with Crippen LogP contribution in [0.2, 0.25) is 0 Å². The number of methoxy groups -OCH3 is 1. The van der Waals surface area contributed by atoms with Crippen LogP contribution in [0.4, 0.5) is 11.6 Å². The maximum absolute atomic E-state index is 5.00. The van der Waals surface area contributed by atoms with Gasteiger partial charge in [0.15, 0.2) is 0 Å². The molecule has 19 heavy (non-hydrogen) atoms. The number of nitrogens with one attached hydrogen (secondary N) is 2. The van der Waals surface area contributed by atoms with Crippen LogP contribution in [0.5, 0.6) is 0 Å². The van der Waals surface area contributed by atoms with Crippen LogP contribution >= 0.6 is 0 Å². The molecule has 108 valence electrons. The molecule has 0 aliphatic rings. The van der Waals surface area contributed by atoms with Crippen LogP contribution in [0.3, 0.4) is 0 Å². The van der Waals surface area contributed by atoms with Crippen molar-refractivity contribution in [1.29, 1.82) is 0 Å². The van der Waals surface area contributed by atoms with Gasteiger partial charge in [-0.15, -0.1) is 0 Å². The van der Waals surface area contributed by atoms with E-state index in [9.17, 15) is 0 Å². The molecule has 1 aromatic heterocycles. The fourth-order valence-electron chi connectivity index (χ4n) is 1.60. The predicted octanol–water partition coefficient (Wildman–Crippen LogP) is 1.29. The van der Waals surface area contributed by atoms with Crippen LogP contribution in [-0.2, 0) is 4.74 Å². The lowest BCUT2D eigenvalue weighted by Gasteiger charge is -2.11. The van der Waals surface area contributed by atoms with Crippen molar-refractivity contribution in [2.24, 2.45) is 0 Å². The van der Waals surface area contributed by atoms with Gasteiger partial charge in [0.05, 0.1) is 0 Å². The van der Waals surface area contributed by atoms with Gasteiger partial charge in [-0.2, -0.15) is 0 Å². The monoisotopic (exact) mass is 267 g/mol. The van der Waals surface area contributed by atoms with Crippen LogP contribution in [-0.4, -0.2) is 62.3 Å². The molecule has 0 aromatic carbocycles. The summed E-state index contributed by atoms with van der Waals surface area (Å²) in [6.07, 6.45) is 3.63. The second-order valence-electron chi connectivity index (χ2n) is 4.65. The molecule has 0 atom stereocenters. The van der Waals surface area contributed by atoms with Crippen molar-refractivity contribution in [1.82, 2.24) is 14.9 Å². The first kappa shape index (κ1) is 15.7. The third-order valence-electron chi connectivity index (χ3n) is 2.59. The zero-order valence-electron chi connectivity index (χ0n) is 12.1. The molecule has 0 radical (unpaired) electrons. The third-order valence-corrected chi connectivity index (χ3v) is 2.59. The Kier molecular flexibility index (Phi) is 7.84. The van der Waals surface area contributed by atoms with Gasteiger partial charge in [0, 0.05) is 32.9 Å². The molecule has 1 heterocycles. The van der Waals surface area contributed by atoms with E-state index in [0.29, 0.717) is 0 Å². The van der Waals surface area contributed by atoms with Crippen molar-refractivity contribution in [3.63, 3.8) is 0 Å². The Balaban J connectivity index is 2.27. The van der Waals surface area contributed by atoms with E-state index in [1.807, 2.05) is 6.07 Å². The van der Waals surface area contributed by atoms with Crippen molar-refractivity contribution in [3.05, 3.63) is 12.4 Å². The molecule has 6 heteroatoms. The highest BCUT2D eigenvalue weighted by Gasteiger charge is 1.98. The molecule has 0 aliphatic heterocycles. The number of nitrogens with zero attached hydrogens (tertiary/aromatic N) is 3. The van der Waals surface area contributed by atoms with Gasteiger partial charge in [0.25, 0.3) is 0 Å². The summed E-state index contributed by atoms with van der Waals surface area (Å²) in [4.78, 5) is 10.6. The minimum absolute atomic E-state index is 0.758. The second-order valence-corrected chi connectivity index (χ2v) is 4.65. The van der Waals surface area contributed by atoms with Crippen LogP contribution in [0.1, 0.15) is 12.8 Å². The van der Waals surface area contributed by atoms with E-state index >= 15 is 0 Å².